The van der Waals surface area contributed by atoms with Gasteiger partial charge < -0.3 is 75.3 Å². The van der Waals surface area contributed by atoms with E-state index in [1.54, 1.807) is 24.3 Å². The van der Waals surface area contributed by atoms with Crippen LogP contribution in [0, 0.1) is 11.8 Å². The number of likely N-dealkylation sites (tertiary alicyclic amines) is 1. The number of hydrogen-bond donors (Lipinski definition) is 13. The molecule has 8 amide bonds. The zero-order valence-corrected chi connectivity index (χ0v) is 44.2. The largest absolute Gasteiger partial charge is 0.480 e. The van der Waals surface area contributed by atoms with Crippen LogP contribution >= 0.6 is 11.8 Å². The van der Waals surface area contributed by atoms with Gasteiger partial charge in [0.2, 0.25) is 47.3 Å². The normalized spacial score (nSPS) is 16.0. The smallest absolute Gasteiger partial charge is 0.326 e. The third kappa shape index (κ3) is 23.4. The molecule has 1 aromatic carbocycles. The Morgan fingerprint density at radius 2 is 1.12 bits per heavy atom. The van der Waals surface area contributed by atoms with Crippen LogP contribution in [0.5, 0.6) is 0 Å². The quantitative estimate of drug-likeness (QED) is 0.0199. The van der Waals surface area contributed by atoms with Crippen LogP contribution in [0.1, 0.15) is 98.0 Å². The lowest BCUT2D eigenvalue weighted by Crippen LogP contribution is -2.60. The molecule has 1 aliphatic rings. The Morgan fingerprint density at radius 1 is 0.649 bits per heavy atom. The van der Waals surface area contributed by atoms with E-state index >= 15 is 0 Å². The third-order valence-corrected chi connectivity index (χ3v) is 12.3. The number of aliphatic hydroxyl groups is 1. The van der Waals surface area contributed by atoms with Gasteiger partial charge in [-0.1, -0.05) is 58.0 Å². The summed E-state index contributed by atoms with van der Waals surface area (Å²) in [6, 6.07) is -0.981. The molecule has 0 radical (unpaired) electrons. The molecule has 0 bridgehead atoms. The number of carboxylic acids is 1. The van der Waals surface area contributed by atoms with Crippen LogP contribution in [0.15, 0.2) is 40.3 Å². The standard InChI is InChI=1S/C48H80N14O11S/c1-27(2)23-34(41(67)56-31(15-10-19-53-47(49)50)39(65)61-37(26-63)43(69)57-33(46(72)73)16-11-20-54-48(51)52)59-44(70)38-17-12-21-62(38)45(71)36(24-28(3)4)60-42(68)35(25-30-13-8-7-9-14-30)58-40(66)32(18-22-74-6)55-29(5)64/h7-9,13-14,27-28,31-38,63H,10-12,15-26H2,1-6H3,(H,55,64)(H,56,67)(H,57,69)(H,58,66)(H,59,70)(H,60,68)(H,61,65)(H,72,73)(H4,49,50,53)(H4,51,52,54)/t31-,32-,33-,34-,35-,36-,37-,38-/m0/s1. The summed E-state index contributed by atoms with van der Waals surface area (Å²) in [5.74, 6) is -7.11. The fourth-order valence-corrected chi connectivity index (χ4v) is 8.54. The zero-order chi connectivity index (χ0) is 55.5. The van der Waals surface area contributed by atoms with Gasteiger partial charge in [0, 0.05) is 33.0 Å². The first-order valence-corrected chi connectivity index (χ1v) is 26.2. The van der Waals surface area contributed by atoms with Crippen molar-refractivity contribution in [1.29, 1.82) is 0 Å². The first kappa shape index (κ1) is 63.4. The van der Waals surface area contributed by atoms with Gasteiger partial charge in [-0.2, -0.15) is 11.8 Å². The molecule has 17 N–H and O–H groups in total. The minimum absolute atomic E-state index is 0.0434. The molecule has 1 saturated heterocycles. The van der Waals surface area contributed by atoms with Gasteiger partial charge in [-0.25, -0.2) is 4.79 Å². The molecule has 1 heterocycles. The van der Waals surface area contributed by atoms with Crippen molar-refractivity contribution in [2.75, 3.05) is 38.2 Å². The molecule has 0 unspecified atom stereocenters. The Kier molecular flexibility index (Phi) is 28.4. The minimum atomic E-state index is -1.65. The number of carbonyl (C=O) groups is 9. The number of guanidine groups is 2. The van der Waals surface area contributed by atoms with E-state index in [1.807, 2.05) is 40.0 Å². The molecule has 26 heteroatoms. The molecule has 414 valence electrons. The number of amides is 8. The average Bonchev–Trinajstić information content (AvgIpc) is 3.83. The molecular weight excluding hydrogens is 981 g/mol. The van der Waals surface area contributed by atoms with Crippen molar-refractivity contribution >= 4 is 76.9 Å². The zero-order valence-electron chi connectivity index (χ0n) is 43.4. The predicted octanol–water partition coefficient (Wildman–Crippen LogP) is -2.34. The maximum atomic E-state index is 14.6. The van der Waals surface area contributed by atoms with Crippen LogP contribution in [0.25, 0.3) is 0 Å². The number of aliphatic imine (C=N–C) groups is 2. The number of thioether (sulfide) groups is 1. The number of nitrogens with one attached hydrogen (secondary N) is 7. The average molecular weight is 1060 g/mol. The molecule has 1 aromatic rings. The van der Waals surface area contributed by atoms with E-state index in [1.165, 1.54) is 23.6 Å². The Balaban J connectivity index is 2.37. The van der Waals surface area contributed by atoms with Crippen molar-refractivity contribution in [3.63, 3.8) is 0 Å². The summed E-state index contributed by atoms with van der Waals surface area (Å²) in [7, 11) is 0. The number of hydrogen-bond acceptors (Lipinski definition) is 13. The lowest BCUT2D eigenvalue weighted by Gasteiger charge is -2.32. The minimum Gasteiger partial charge on any atom is -0.480 e. The fraction of sp³-hybridized carbons (Fsp3) is 0.646. The molecule has 0 saturated carbocycles. The van der Waals surface area contributed by atoms with Crippen molar-refractivity contribution in [3.05, 3.63) is 35.9 Å². The number of benzene rings is 1. The predicted molar refractivity (Wildman–Crippen MR) is 281 cm³/mol. The summed E-state index contributed by atoms with van der Waals surface area (Å²) < 4.78 is 0. The molecule has 25 nitrogen and oxygen atoms in total. The Morgan fingerprint density at radius 3 is 1.65 bits per heavy atom. The number of rotatable bonds is 33. The lowest BCUT2D eigenvalue weighted by molar-refractivity contribution is -0.143. The van der Waals surface area contributed by atoms with E-state index in [0.29, 0.717) is 18.6 Å². The second-order valence-corrected chi connectivity index (χ2v) is 19.9. The van der Waals surface area contributed by atoms with E-state index in [0.717, 1.165) is 5.56 Å². The van der Waals surface area contributed by atoms with Crippen molar-refractivity contribution < 1.29 is 53.4 Å². The second kappa shape index (κ2) is 33.2. The number of aliphatic carboxylic acids is 1. The van der Waals surface area contributed by atoms with Crippen LogP contribution in [-0.2, 0) is 49.6 Å². The lowest BCUT2D eigenvalue weighted by atomic mass is 9.99. The fourth-order valence-electron chi connectivity index (χ4n) is 8.06. The summed E-state index contributed by atoms with van der Waals surface area (Å²) >= 11 is 1.49. The molecular formula is C48H80N14O11S. The second-order valence-electron chi connectivity index (χ2n) is 19.0. The third-order valence-electron chi connectivity index (χ3n) is 11.7. The van der Waals surface area contributed by atoms with E-state index < -0.39 is 108 Å². The molecule has 1 aliphatic heterocycles. The van der Waals surface area contributed by atoms with Gasteiger partial charge >= 0.3 is 5.97 Å². The summed E-state index contributed by atoms with van der Waals surface area (Å²) in [6.45, 7) is 7.99. The maximum absolute atomic E-state index is 14.6. The van der Waals surface area contributed by atoms with Crippen molar-refractivity contribution in [2.24, 2.45) is 44.8 Å². The van der Waals surface area contributed by atoms with Crippen LogP contribution < -0.4 is 60.2 Å². The summed E-state index contributed by atoms with van der Waals surface area (Å²) in [5, 5.41) is 38.2. The Labute approximate surface area is 437 Å². The van der Waals surface area contributed by atoms with Gasteiger partial charge in [0.1, 0.15) is 48.3 Å². The maximum Gasteiger partial charge on any atom is 0.326 e. The Hall–Kier alpha value is -6.70. The molecule has 8 atom stereocenters. The van der Waals surface area contributed by atoms with Crippen LogP contribution in [-0.4, -0.2) is 167 Å². The number of nitrogens with two attached hydrogens (primary N) is 4. The molecule has 74 heavy (non-hydrogen) atoms. The first-order chi connectivity index (χ1) is 35.0. The SMILES string of the molecule is CSCC[C@H](NC(C)=O)C(=O)N[C@@H](Cc1ccccc1)C(=O)N[C@@H](CC(C)C)C(=O)N1CCC[C@H]1C(=O)N[C@@H](CC(C)C)C(=O)N[C@@H](CCCN=C(N)N)C(=O)N[C@@H](CO)C(=O)N[C@@H](CCCN=C(N)N)C(=O)O. The van der Waals surface area contributed by atoms with Crippen molar-refractivity contribution in [1.82, 2.24) is 42.1 Å². The highest BCUT2D eigenvalue weighted by Crippen LogP contribution is 2.22. The van der Waals surface area contributed by atoms with Gasteiger partial charge in [-0.15, -0.1) is 0 Å². The Bertz CT molecular complexity index is 2090. The van der Waals surface area contributed by atoms with E-state index in [4.69, 9.17) is 22.9 Å². The van der Waals surface area contributed by atoms with E-state index in [-0.39, 0.29) is 94.8 Å². The topological polar surface area (TPSA) is 410 Å². The number of nitrogens with zero attached hydrogens (tertiary/aromatic N) is 3. The molecule has 2 rings (SSSR count). The number of aliphatic hydroxyl groups excluding tert-OH is 1. The van der Waals surface area contributed by atoms with Crippen molar-refractivity contribution in [3.8, 4) is 0 Å². The van der Waals surface area contributed by atoms with Gasteiger partial charge in [0.25, 0.3) is 0 Å². The highest BCUT2D eigenvalue weighted by atomic mass is 32.2. The van der Waals surface area contributed by atoms with Gasteiger partial charge in [-0.05, 0) is 87.2 Å². The van der Waals surface area contributed by atoms with Crippen LogP contribution in [0.3, 0.4) is 0 Å². The highest BCUT2D eigenvalue weighted by Gasteiger charge is 2.40. The van der Waals surface area contributed by atoms with Crippen LogP contribution in [0.4, 0.5) is 0 Å². The first-order valence-electron chi connectivity index (χ1n) is 24.8. The molecule has 0 spiro atoms. The van der Waals surface area contributed by atoms with E-state index in [2.05, 4.69) is 47.2 Å². The monoisotopic (exact) mass is 1060 g/mol. The molecule has 1 fully saturated rings. The number of carbonyl (C=O) groups excluding carboxylic acids is 8. The van der Waals surface area contributed by atoms with Crippen LogP contribution in [0.2, 0.25) is 0 Å². The van der Waals surface area contributed by atoms with Gasteiger partial charge in [0.15, 0.2) is 11.9 Å². The van der Waals surface area contributed by atoms with Gasteiger partial charge in [0.05, 0.1) is 6.61 Å². The highest BCUT2D eigenvalue weighted by molar-refractivity contribution is 7.98. The summed E-state index contributed by atoms with van der Waals surface area (Å²) in [6.07, 6.45) is 3.30. The summed E-state index contributed by atoms with van der Waals surface area (Å²) in [5.41, 5.74) is 22.3. The van der Waals surface area contributed by atoms with Gasteiger partial charge in [-0.3, -0.25) is 48.3 Å². The molecule has 0 aromatic heterocycles. The molecule has 0 aliphatic carbocycles. The van der Waals surface area contributed by atoms with Crippen molar-refractivity contribution in [2.45, 2.75) is 147 Å². The summed E-state index contributed by atoms with van der Waals surface area (Å²) in [4.78, 5) is 131. The number of carboxylic acid groups (broad SMARTS) is 1. The van der Waals surface area contributed by atoms with E-state index in [9.17, 15) is 53.4 Å².